The number of hydrogen-bond donors (Lipinski definition) is 0. The summed E-state index contributed by atoms with van der Waals surface area (Å²) >= 11 is 0. The van der Waals surface area contributed by atoms with Gasteiger partial charge in [0.15, 0.2) is 0 Å². The minimum absolute atomic E-state index is 0.0336. The molecule has 0 unspecified atom stereocenters. The Hall–Kier alpha value is -2.86. The minimum atomic E-state index is -0.210. The molecule has 4 rings (SSSR count). The van der Waals surface area contributed by atoms with Crippen LogP contribution in [0.25, 0.3) is 0 Å². The van der Waals surface area contributed by atoms with E-state index >= 15 is 0 Å². The summed E-state index contributed by atoms with van der Waals surface area (Å²) in [7, 11) is 3.29. The van der Waals surface area contributed by atoms with Gasteiger partial charge in [-0.3, -0.25) is 9.69 Å². The first kappa shape index (κ1) is 23.3. The second-order valence-electron chi connectivity index (χ2n) is 9.37. The molecule has 6 heteroatoms. The van der Waals surface area contributed by atoms with Gasteiger partial charge in [0.25, 0.3) is 5.91 Å². The molecule has 0 radical (unpaired) electrons. The predicted octanol–water partition coefficient (Wildman–Crippen LogP) is 4.73. The van der Waals surface area contributed by atoms with Crippen molar-refractivity contribution in [1.82, 2.24) is 9.91 Å². The Bertz CT molecular complexity index is 1040. The highest BCUT2D eigenvalue weighted by atomic mass is 16.5. The first-order chi connectivity index (χ1) is 15.9. The van der Waals surface area contributed by atoms with Crippen molar-refractivity contribution in [2.45, 2.75) is 46.1 Å². The molecule has 2 heterocycles. The van der Waals surface area contributed by atoms with Gasteiger partial charge in [0.2, 0.25) is 0 Å². The van der Waals surface area contributed by atoms with Gasteiger partial charge in [0, 0.05) is 18.1 Å². The molecule has 2 aliphatic heterocycles. The molecule has 0 N–H and O–H groups in total. The molecule has 2 aromatic rings. The number of ether oxygens (including phenoxy) is 2. The fourth-order valence-electron chi connectivity index (χ4n) is 4.66. The topological polar surface area (TPSA) is 54.4 Å². The van der Waals surface area contributed by atoms with Crippen LogP contribution < -0.4 is 9.47 Å². The van der Waals surface area contributed by atoms with E-state index < -0.39 is 0 Å². The number of likely N-dealkylation sites (tertiary alicyclic amines) is 1. The number of carbonyl (C=O) groups excluding carboxylic acids is 1. The van der Waals surface area contributed by atoms with Crippen molar-refractivity contribution in [1.29, 1.82) is 0 Å². The van der Waals surface area contributed by atoms with Crippen LogP contribution in [0.3, 0.4) is 0 Å². The molecule has 176 valence electrons. The highest BCUT2D eigenvalue weighted by Gasteiger charge is 2.36. The van der Waals surface area contributed by atoms with Crippen molar-refractivity contribution in [3.63, 3.8) is 0 Å². The Kier molecular flexibility index (Phi) is 7.03. The third-order valence-electron chi connectivity index (χ3n) is 7.04. The second-order valence-corrected chi connectivity index (χ2v) is 9.37. The third kappa shape index (κ3) is 5.06. The van der Waals surface area contributed by atoms with Crippen molar-refractivity contribution in [2.24, 2.45) is 11.0 Å². The number of rotatable bonds is 6. The minimum Gasteiger partial charge on any atom is -0.497 e. The summed E-state index contributed by atoms with van der Waals surface area (Å²) in [6.07, 6.45) is 2.92. The molecular formula is C27H35N3O3. The van der Waals surface area contributed by atoms with Gasteiger partial charge < -0.3 is 9.47 Å². The lowest BCUT2D eigenvalue weighted by atomic mass is 9.95. The highest BCUT2D eigenvalue weighted by molar-refractivity contribution is 6.03. The smallest absolute Gasteiger partial charge is 0.257 e. The standard InChI is InChI=1S/C27H35N3O3/c1-18-10-12-29(13-11-18)17-27(31)30-25(23-9-8-22(32-4)15-26(23)33-5)16-24(28-30)21-7-6-19(2)20(3)14-21/h6-9,14-15,18,25H,10-13,16-17H2,1-5H3/t25-/m1/s1. The van der Waals surface area contributed by atoms with E-state index in [9.17, 15) is 4.79 Å². The largest absolute Gasteiger partial charge is 0.497 e. The van der Waals surface area contributed by atoms with Crippen LogP contribution in [-0.2, 0) is 4.79 Å². The van der Waals surface area contributed by atoms with Crippen molar-refractivity contribution in [2.75, 3.05) is 33.9 Å². The first-order valence-corrected chi connectivity index (χ1v) is 11.8. The summed E-state index contributed by atoms with van der Waals surface area (Å²) < 4.78 is 11.1. The fraction of sp³-hybridized carbons (Fsp3) is 0.481. The summed E-state index contributed by atoms with van der Waals surface area (Å²) in [4.78, 5) is 15.8. The van der Waals surface area contributed by atoms with Crippen LogP contribution in [0.15, 0.2) is 41.5 Å². The summed E-state index contributed by atoms with van der Waals surface area (Å²) in [6.45, 7) is 8.82. The van der Waals surface area contributed by atoms with Gasteiger partial charge in [0.05, 0.1) is 32.5 Å². The van der Waals surface area contributed by atoms with Gasteiger partial charge in [-0.2, -0.15) is 5.10 Å². The van der Waals surface area contributed by atoms with Gasteiger partial charge in [-0.25, -0.2) is 5.01 Å². The second kappa shape index (κ2) is 9.96. The quantitative estimate of drug-likeness (QED) is 0.640. The number of methoxy groups -OCH3 is 2. The third-order valence-corrected chi connectivity index (χ3v) is 7.04. The Morgan fingerprint density at radius 3 is 2.45 bits per heavy atom. The molecule has 0 saturated carbocycles. The molecule has 2 aliphatic rings. The van der Waals surface area contributed by atoms with E-state index in [1.54, 1.807) is 19.2 Å². The van der Waals surface area contributed by atoms with Crippen molar-refractivity contribution >= 4 is 11.6 Å². The maximum Gasteiger partial charge on any atom is 0.257 e. The molecule has 0 aromatic heterocycles. The van der Waals surface area contributed by atoms with E-state index in [4.69, 9.17) is 14.6 Å². The molecule has 0 bridgehead atoms. The van der Waals surface area contributed by atoms with Gasteiger partial charge in [-0.05, 0) is 80.6 Å². The zero-order chi connectivity index (χ0) is 23.5. The Balaban J connectivity index is 1.65. The molecule has 1 saturated heterocycles. The number of amides is 1. The van der Waals surface area contributed by atoms with Crippen molar-refractivity contribution in [3.05, 3.63) is 58.7 Å². The average Bonchev–Trinajstić information content (AvgIpc) is 3.27. The Morgan fingerprint density at radius 2 is 1.79 bits per heavy atom. The number of piperidine rings is 1. The average molecular weight is 450 g/mol. The first-order valence-electron chi connectivity index (χ1n) is 11.8. The van der Waals surface area contributed by atoms with E-state index in [2.05, 4.69) is 43.9 Å². The fourth-order valence-corrected chi connectivity index (χ4v) is 4.66. The zero-order valence-electron chi connectivity index (χ0n) is 20.4. The van der Waals surface area contributed by atoms with Gasteiger partial charge in [0.1, 0.15) is 11.5 Å². The monoisotopic (exact) mass is 449 g/mol. The maximum absolute atomic E-state index is 13.5. The van der Waals surface area contributed by atoms with E-state index in [0.717, 1.165) is 54.4 Å². The van der Waals surface area contributed by atoms with Crippen LogP contribution in [0, 0.1) is 19.8 Å². The molecular weight excluding hydrogens is 414 g/mol. The summed E-state index contributed by atoms with van der Waals surface area (Å²) in [6, 6.07) is 12.0. The molecule has 1 fully saturated rings. The van der Waals surface area contributed by atoms with Gasteiger partial charge >= 0.3 is 0 Å². The lowest BCUT2D eigenvalue weighted by Gasteiger charge is -2.31. The van der Waals surface area contributed by atoms with Crippen molar-refractivity contribution < 1.29 is 14.3 Å². The zero-order valence-corrected chi connectivity index (χ0v) is 20.4. The predicted molar refractivity (Wildman–Crippen MR) is 131 cm³/mol. The molecule has 2 aromatic carbocycles. The van der Waals surface area contributed by atoms with Crippen LogP contribution in [0.5, 0.6) is 11.5 Å². The summed E-state index contributed by atoms with van der Waals surface area (Å²) in [5.41, 5.74) is 5.42. The lowest BCUT2D eigenvalue weighted by molar-refractivity contribution is -0.134. The number of nitrogens with zero attached hydrogens (tertiary/aromatic N) is 3. The van der Waals surface area contributed by atoms with E-state index in [1.165, 1.54) is 11.1 Å². The number of hydrogen-bond acceptors (Lipinski definition) is 5. The molecule has 1 atom stereocenters. The Labute approximate surface area is 197 Å². The number of benzene rings is 2. The highest BCUT2D eigenvalue weighted by Crippen LogP contribution is 2.39. The van der Waals surface area contributed by atoms with Crippen LogP contribution in [0.1, 0.15) is 54.5 Å². The SMILES string of the molecule is COc1ccc([C@H]2CC(c3ccc(C)c(C)c3)=NN2C(=O)CN2CCC(C)CC2)c(OC)c1. The van der Waals surface area contributed by atoms with E-state index in [0.29, 0.717) is 18.7 Å². The lowest BCUT2D eigenvalue weighted by Crippen LogP contribution is -2.41. The molecule has 0 spiro atoms. The molecule has 6 nitrogen and oxygen atoms in total. The normalized spacial score (nSPS) is 19.5. The maximum atomic E-state index is 13.5. The van der Waals surface area contributed by atoms with E-state index in [-0.39, 0.29) is 11.9 Å². The van der Waals surface area contributed by atoms with E-state index in [1.807, 2.05) is 18.2 Å². The number of aryl methyl sites for hydroxylation is 2. The number of carbonyl (C=O) groups is 1. The van der Waals surface area contributed by atoms with Crippen LogP contribution in [-0.4, -0.2) is 55.4 Å². The van der Waals surface area contributed by atoms with Crippen LogP contribution in [0.2, 0.25) is 0 Å². The number of hydrazone groups is 1. The van der Waals surface area contributed by atoms with Gasteiger partial charge in [-0.1, -0.05) is 19.1 Å². The van der Waals surface area contributed by atoms with Crippen LogP contribution in [0.4, 0.5) is 0 Å². The molecule has 33 heavy (non-hydrogen) atoms. The Morgan fingerprint density at radius 1 is 1.03 bits per heavy atom. The van der Waals surface area contributed by atoms with Crippen LogP contribution >= 0.6 is 0 Å². The summed E-state index contributed by atoms with van der Waals surface area (Å²) in [5.74, 6) is 2.20. The van der Waals surface area contributed by atoms with Crippen molar-refractivity contribution in [3.8, 4) is 11.5 Å². The molecule has 1 amide bonds. The summed E-state index contributed by atoms with van der Waals surface area (Å²) in [5, 5.41) is 6.56. The van der Waals surface area contributed by atoms with Gasteiger partial charge in [-0.15, -0.1) is 0 Å². The molecule has 0 aliphatic carbocycles.